The van der Waals surface area contributed by atoms with Gasteiger partial charge in [-0.2, -0.15) is 4.98 Å². The summed E-state index contributed by atoms with van der Waals surface area (Å²) in [5, 5.41) is 15.0. The highest BCUT2D eigenvalue weighted by atomic mass is 16.5. The van der Waals surface area contributed by atoms with Gasteiger partial charge < -0.3 is 19.3 Å². The number of aromatic nitrogens is 2. The standard InChI is InChI=1S/C19H25N3O3/c1-19(23,16-4-3-11-22(16)2)14-7-9-15(10-8-14)24-12-17-20-18(25-21-17)13-5-6-13/h7-10,13,16,23H,3-6,11-12H2,1-2H3/t16-,19?/m1/s1. The Morgan fingerprint density at radius 3 is 2.68 bits per heavy atom. The maximum Gasteiger partial charge on any atom is 0.229 e. The SMILES string of the molecule is CN1CCC[C@@H]1C(C)(O)c1ccc(OCc2noc(C3CC3)n2)cc1. The van der Waals surface area contributed by atoms with Gasteiger partial charge in [-0.15, -0.1) is 0 Å². The largest absolute Gasteiger partial charge is 0.485 e. The van der Waals surface area contributed by atoms with Crippen LogP contribution in [0.5, 0.6) is 5.75 Å². The molecule has 1 unspecified atom stereocenters. The van der Waals surface area contributed by atoms with Gasteiger partial charge in [0.15, 0.2) is 6.61 Å². The molecule has 1 aromatic heterocycles. The Bertz CT molecular complexity index is 722. The van der Waals surface area contributed by atoms with Gasteiger partial charge in [-0.1, -0.05) is 17.3 Å². The van der Waals surface area contributed by atoms with Crippen molar-refractivity contribution in [3.8, 4) is 5.75 Å². The lowest BCUT2D eigenvalue weighted by Gasteiger charge is -2.35. The van der Waals surface area contributed by atoms with Gasteiger partial charge in [0.05, 0.1) is 0 Å². The van der Waals surface area contributed by atoms with Crippen LogP contribution in [0.4, 0.5) is 0 Å². The minimum Gasteiger partial charge on any atom is -0.485 e. The van der Waals surface area contributed by atoms with Crippen LogP contribution >= 0.6 is 0 Å². The second kappa shape index (κ2) is 6.42. The molecule has 6 heteroatoms. The molecule has 4 rings (SSSR count). The third-order valence-corrected chi connectivity index (χ3v) is 5.39. The average Bonchev–Trinajstić information content (AvgIpc) is 3.18. The maximum absolute atomic E-state index is 11.0. The number of nitrogens with zero attached hydrogens (tertiary/aromatic N) is 3. The summed E-state index contributed by atoms with van der Waals surface area (Å²) in [6.45, 7) is 3.22. The van der Waals surface area contributed by atoms with Gasteiger partial charge in [0.1, 0.15) is 11.4 Å². The van der Waals surface area contributed by atoms with E-state index >= 15 is 0 Å². The first-order valence-electron chi connectivity index (χ1n) is 9.02. The Morgan fingerprint density at radius 2 is 2.04 bits per heavy atom. The number of likely N-dealkylation sites (N-methyl/N-ethyl adjacent to an activating group) is 1. The maximum atomic E-state index is 11.0. The molecule has 134 valence electrons. The topological polar surface area (TPSA) is 71.6 Å². The molecule has 1 saturated carbocycles. The number of benzene rings is 1. The van der Waals surface area contributed by atoms with E-state index in [-0.39, 0.29) is 12.6 Å². The minimum atomic E-state index is -0.864. The van der Waals surface area contributed by atoms with Crippen LogP contribution in [0.15, 0.2) is 28.8 Å². The predicted octanol–water partition coefficient (Wildman–Crippen LogP) is 2.83. The third-order valence-electron chi connectivity index (χ3n) is 5.39. The number of hydrogen-bond donors (Lipinski definition) is 1. The van der Waals surface area contributed by atoms with Crippen molar-refractivity contribution < 1.29 is 14.4 Å². The summed E-state index contributed by atoms with van der Waals surface area (Å²) in [7, 11) is 2.07. The lowest BCUT2D eigenvalue weighted by Crippen LogP contribution is -2.43. The lowest BCUT2D eigenvalue weighted by molar-refractivity contribution is -0.0153. The quantitative estimate of drug-likeness (QED) is 0.870. The summed E-state index contributed by atoms with van der Waals surface area (Å²) in [5.41, 5.74) is 0.0468. The van der Waals surface area contributed by atoms with Gasteiger partial charge in [0, 0.05) is 12.0 Å². The van der Waals surface area contributed by atoms with Crippen molar-refractivity contribution in [1.82, 2.24) is 15.0 Å². The zero-order valence-corrected chi connectivity index (χ0v) is 14.8. The van der Waals surface area contributed by atoms with Crippen LogP contribution in [-0.2, 0) is 12.2 Å². The van der Waals surface area contributed by atoms with Crippen LogP contribution in [-0.4, -0.2) is 39.8 Å². The third kappa shape index (κ3) is 3.41. The molecule has 2 aromatic rings. The minimum absolute atomic E-state index is 0.152. The number of ether oxygens (including phenoxy) is 1. The van der Waals surface area contributed by atoms with Gasteiger partial charge in [0.2, 0.25) is 11.7 Å². The molecule has 2 fully saturated rings. The highest BCUT2D eigenvalue weighted by molar-refractivity contribution is 5.32. The first-order chi connectivity index (χ1) is 12.0. The summed E-state index contributed by atoms with van der Waals surface area (Å²) in [4.78, 5) is 6.59. The van der Waals surface area contributed by atoms with Crippen molar-refractivity contribution in [2.45, 2.75) is 56.8 Å². The van der Waals surface area contributed by atoms with E-state index in [1.54, 1.807) is 0 Å². The van der Waals surface area contributed by atoms with E-state index < -0.39 is 5.60 Å². The molecule has 0 amide bonds. The second-order valence-electron chi connectivity index (χ2n) is 7.42. The Labute approximate surface area is 147 Å². The summed E-state index contributed by atoms with van der Waals surface area (Å²) in [5.74, 6) is 2.49. The van der Waals surface area contributed by atoms with Crippen LogP contribution in [0.1, 0.15) is 55.8 Å². The van der Waals surface area contributed by atoms with E-state index in [2.05, 4.69) is 22.1 Å². The van der Waals surface area contributed by atoms with Crippen LogP contribution in [0.2, 0.25) is 0 Å². The molecule has 6 nitrogen and oxygen atoms in total. The number of aliphatic hydroxyl groups is 1. The van der Waals surface area contributed by atoms with Gasteiger partial charge in [-0.3, -0.25) is 0 Å². The summed E-state index contributed by atoms with van der Waals surface area (Å²) in [6.07, 6.45) is 4.43. The molecule has 2 atom stereocenters. The zero-order valence-electron chi connectivity index (χ0n) is 14.8. The van der Waals surface area contributed by atoms with E-state index in [9.17, 15) is 5.11 Å². The van der Waals surface area contributed by atoms with E-state index in [1.807, 2.05) is 31.2 Å². The van der Waals surface area contributed by atoms with Crippen LogP contribution in [0.3, 0.4) is 0 Å². The first kappa shape index (κ1) is 16.5. The highest BCUT2D eigenvalue weighted by Crippen LogP contribution is 2.39. The molecule has 0 spiro atoms. The fraction of sp³-hybridized carbons (Fsp3) is 0.579. The summed E-state index contributed by atoms with van der Waals surface area (Å²) >= 11 is 0. The lowest BCUT2D eigenvalue weighted by atomic mass is 9.87. The smallest absolute Gasteiger partial charge is 0.229 e. The average molecular weight is 343 g/mol. The van der Waals surface area contributed by atoms with E-state index in [0.29, 0.717) is 11.7 Å². The predicted molar refractivity (Wildman–Crippen MR) is 92.3 cm³/mol. The Hall–Kier alpha value is -1.92. The van der Waals surface area contributed by atoms with Crippen molar-refractivity contribution in [3.63, 3.8) is 0 Å². The van der Waals surface area contributed by atoms with Crippen LogP contribution < -0.4 is 4.74 Å². The van der Waals surface area contributed by atoms with Gasteiger partial charge in [-0.05, 0) is 63.9 Å². The molecular weight excluding hydrogens is 318 g/mol. The molecule has 1 N–H and O–H groups in total. The van der Waals surface area contributed by atoms with Crippen LogP contribution in [0.25, 0.3) is 0 Å². The molecule has 25 heavy (non-hydrogen) atoms. The van der Waals surface area contributed by atoms with Crippen molar-refractivity contribution in [3.05, 3.63) is 41.5 Å². The molecule has 1 saturated heterocycles. The van der Waals surface area contributed by atoms with E-state index in [4.69, 9.17) is 9.26 Å². The number of likely N-dealkylation sites (tertiary alicyclic amines) is 1. The van der Waals surface area contributed by atoms with E-state index in [1.165, 1.54) is 0 Å². The molecule has 1 aromatic carbocycles. The second-order valence-corrected chi connectivity index (χ2v) is 7.42. The Kier molecular flexibility index (Phi) is 4.25. The molecule has 2 heterocycles. The van der Waals surface area contributed by atoms with Crippen molar-refractivity contribution in [2.75, 3.05) is 13.6 Å². The summed E-state index contributed by atoms with van der Waals surface area (Å²) in [6, 6.07) is 7.81. The normalized spacial score (nSPS) is 23.6. The van der Waals surface area contributed by atoms with Crippen LogP contribution in [0, 0.1) is 0 Å². The molecule has 1 aliphatic carbocycles. The molecular formula is C19H25N3O3. The van der Waals surface area contributed by atoms with Gasteiger partial charge >= 0.3 is 0 Å². The van der Waals surface area contributed by atoms with Gasteiger partial charge in [-0.25, -0.2) is 0 Å². The number of hydrogen-bond acceptors (Lipinski definition) is 6. The van der Waals surface area contributed by atoms with E-state index in [0.717, 1.165) is 49.4 Å². The number of rotatable bonds is 6. The Morgan fingerprint density at radius 1 is 1.28 bits per heavy atom. The van der Waals surface area contributed by atoms with Crippen molar-refractivity contribution in [2.24, 2.45) is 0 Å². The van der Waals surface area contributed by atoms with Crippen molar-refractivity contribution >= 4 is 0 Å². The highest BCUT2D eigenvalue weighted by Gasteiger charge is 2.38. The molecule has 1 aliphatic heterocycles. The van der Waals surface area contributed by atoms with Crippen molar-refractivity contribution in [1.29, 1.82) is 0 Å². The summed E-state index contributed by atoms with van der Waals surface area (Å²) < 4.78 is 11.0. The fourth-order valence-electron chi connectivity index (χ4n) is 3.67. The zero-order chi connectivity index (χ0) is 17.4. The molecule has 0 bridgehead atoms. The Balaban J connectivity index is 1.39. The van der Waals surface area contributed by atoms with Gasteiger partial charge in [0.25, 0.3) is 0 Å². The molecule has 0 radical (unpaired) electrons. The first-order valence-corrected chi connectivity index (χ1v) is 9.02. The monoisotopic (exact) mass is 343 g/mol. The molecule has 2 aliphatic rings. The fourth-order valence-corrected chi connectivity index (χ4v) is 3.67.